The molecule has 1 rings (SSSR count). The van der Waals surface area contributed by atoms with E-state index in [1.54, 1.807) is 0 Å². The van der Waals surface area contributed by atoms with Crippen LogP contribution in [-0.4, -0.2) is 44.1 Å². The number of carbonyl (C=O) groups is 2. The maximum atomic E-state index is 11.7. The summed E-state index contributed by atoms with van der Waals surface area (Å²) in [6.07, 6.45) is 0. The van der Waals surface area contributed by atoms with Crippen molar-refractivity contribution in [1.82, 2.24) is 4.90 Å². The first-order valence-electron chi connectivity index (χ1n) is 5.94. The molecule has 0 saturated carbocycles. The van der Waals surface area contributed by atoms with E-state index >= 15 is 0 Å². The van der Waals surface area contributed by atoms with Crippen molar-refractivity contribution in [1.29, 1.82) is 0 Å². The quantitative estimate of drug-likeness (QED) is 0.753. The van der Waals surface area contributed by atoms with E-state index in [1.165, 1.54) is 19.1 Å². The van der Waals surface area contributed by atoms with Crippen molar-refractivity contribution in [3.8, 4) is 5.75 Å². The van der Waals surface area contributed by atoms with Crippen LogP contribution in [0.1, 0.15) is 11.1 Å². The number of likely N-dealkylation sites (N-methyl/N-ethyl adjacent to an activating group) is 1. The third kappa shape index (κ3) is 4.99. The Morgan fingerprint density at radius 3 is 2.26 bits per heavy atom. The molecule has 1 amide bonds. The number of amides is 1. The first-order valence-corrected chi connectivity index (χ1v) is 5.94. The first-order chi connectivity index (χ1) is 8.92. The molecule has 0 bridgehead atoms. The molecule has 5 nitrogen and oxygen atoms in total. The third-order valence-electron chi connectivity index (χ3n) is 2.58. The monoisotopic (exact) mass is 265 g/mol. The predicted octanol–water partition coefficient (Wildman–Crippen LogP) is 1.31. The van der Waals surface area contributed by atoms with Crippen LogP contribution < -0.4 is 4.74 Å². The summed E-state index contributed by atoms with van der Waals surface area (Å²) in [5.74, 6) is -0.0795. The number of ether oxygens (including phenoxy) is 2. The van der Waals surface area contributed by atoms with Crippen molar-refractivity contribution in [3.63, 3.8) is 0 Å². The molecule has 0 unspecified atom stereocenters. The minimum atomic E-state index is -0.456. The molecule has 5 heteroatoms. The number of hydrogen-bond acceptors (Lipinski definition) is 4. The molecule has 1 aromatic rings. The minimum Gasteiger partial charge on any atom is -0.484 e. The van der Waals surface area contributed by atoms with Gasteiger partial charge in [0.1, 0.15) is 12.3 Å². The fourth-order valence-corrected chi connectivity index (χ4v) is 1.62. The van der Waals surface area contributed by atoms with Crippen molar-refractivity contribution in [2.75, 3.05) is 27.3 Å². The van der Waals surface area contributed by atoms with E-state index in [0.717, 1.165) is 11.1 Å². The number of carbonyl (C=O) groups excluding carboxylic acids is 2. The van der Waals surface area contributed by atoms with Crippen molar-refractivity contribution >= 4 is 11.9 Å². The van der Waals surface area contributed by atoms with Crippen LogP contribution in [0.15, 0.2) is 18.2 Å². The smallest absolute Gasteiger partial charge is 0.325 e. The van der Waals surface area contributed by atoms with Gasteiger partial charge in [-0.2, -0.15) is 0 Å². The van der Waals surface area contributed by atoms with Crippen molar-refractivity contribution in [2.45, 2.75) is 13.8 Å². The maximum Gasteiger partial charge on any atom is 0.325 e. The molecule has 0 aliphatic carbocycles. The molecule has 0 atom stereocenters. The number of hydrogen-bond donors (Lipinski definition) is 0. The fraction of sp³-hybridized carbons (Fsp3) is 0.429. The average Bonchev–Trinajstić information content (AvgIpc) is 2.34. The summed E-state index contributed by atoms with van der Waals surface area (Å²) in [7, 11) is 2.82. The summed E-state index contributed by atoms with van der Waals surface area (Å²) in [6, 6.07) is 5.75. The van der Waals surface area contributed by atoms with Crippen LogP contribution in [0.4, 0.5) is 0 Å². The van der Waals surface area contributed by atoms with Gasteiger partial charge in [0.25, 0.3) is 5.91 Å². The lowest BCUT2D eigenvalue weighted by Gasteiger charge is -2.16. The van der Waals surface area contributed by atoms with Crippen LogP contribution in [0.3, 0.4) is 0 Å². The molecule has 0 aliphatic rings. The van der Waals surface area contributed by atoms with Gasteiger partial charge in [-0.05, 0) is 37.1 Å². The lowest BCUT2D eigenvalue weighted by molar-refractivity contribution is -0.146. The van der Waals surface area contributed by atoms with Gasteiger partial charge in [0.15, 0.2) is 6.61 Å². The average molecular weight is 265 g/mol. The van der Waals surface area contributed by atoms with Gasteiger partial charge in [-0.15, -0.1) is 0 Å². The molecule has 0 aromatic heterocycles. The highest BCUT2D eigenvalue weighted by Crippen LogP contribution is 2.16. The van der Waals surface area contributed by atoms with Gasteiger partial charge in [0.2, 0.25) is 0 Å². The molecule has 0 spiro atoms. The van der Waals surface area contributed by atoms with Gasteiger partial charge in [-0.25, -0.2) is 0 Å². The lowest BCUT2D eigenvalue weighted by Crippen LogP contribution is -2.35. The summed E-state index contributed by atoms with van der Waals surface area (Å²) in [6.45, 7) is 3.75. The zero-order valence-electron chi connectivity index (χ0n) is 11.7. The van der Waals surface area contributed by atoms with E-state index < -0.39 is 5.97 Å². The highest BCUT2D eigenvalue weighted by atomic mass is 16.5. The van der Waals surface area contributed by atoms with Crippen molar-refractivity contribution in [3.05, 3.63) is 29.3 Å². The highest BCUT2D eigenvalue weighted by Gasteiger charge is 2.13. The molecule has 0 saturated heterocycles. The van der Waals surface area contributed by atoms with E-state index in [1.807, 2.05) is 32.0 Å². The van der Waals surface area contributed by atoms with Crippen LogP contribution in [-0.2, 0) is 14.3 Å². The second-order valence-corrected chi connectivity index (χ2v) is 4.44. The van der Waals surface area contributed by atoms with E-state index in [4.69, 9.17) is 4.74 Å². The summed E-state index contributed by atoms with van der Waals surface area (Å²) >= 11 is 0. The summed E-state index contributed by atoms with van der Waals surface area (Å²) in [5.41, 5.74) is 2.15. The van der Waals surface area contributed by atoms with Gasteiger partial charge < -0.3 is 14.4 Å². The van der Waals surface area contributed by atoms with Crippen LogP contribution in [0, 0.1) is 13.8 Å². The molecule has 104 valence electrons. The largest absolute Gasteiger partial charge is 0.484 e. The van der Waals surface area contributed by atoms with Gasteiger partial charge in [0.05, 0.1) is 7.11 Å². The normalized spacial score (nSPS) is 9.89. The van der Waals surface area contributed by atoms with E-state index in [9.17, 15) is 9.59 Å². The second kappa shape index (κ2) is 6.78. The maximum absolute atomic E-state index is 11.7. The highest BCUT2D eigenvalue weighted by molar-refractivity contribution is 5.82. The van der Waals surface area contributed by atoms with E-state index in [0.29, 0.717) is 5.75 Å². The van der Waals surface area contributed by atoms with Crippen molar-refractivity contribution < 1.29 is 19.1 Å². The number of methoxy groups -OCH3 is 1. The number of esters is 1. The second-order valence-electron chi connectivity index (χ2n) is 4.44. The van der Waals surface area contributed by atoms with Crippen molar-refractivity contribution in [2.24, 2.45) is 0 Å². The summed E-state index contributed by atoms with van der Waals surface area (Å²) in [5, 5.41) is 0. The topological polar surface area (TPSA) is 55.8 Å². The molecule has 0 radical (unpaired) electrons. The molecule has 0 fully saturated rings. The Hall–Kier alpha value is -2.04. The van der Waals surface area contributed by atoms with E-state index in [-0.39, 0.29) is 19.1 Å². The van der Waals surface area contributed by atoms with Crippen LogP contribution >= 0.6 is 0 Å². The van der Waals surface area contributed by atoms with Gasteiger partial charge >= 0.3 is 5.97 Å². The third-order valence-corrected chi connectivity index (χ3v) is 2.58. The Balaban J connectivity index is 2.51. The summed E-state index contributed by atoms with van der Waals surface area (Å²) in [4.78, 5) is 24.0. The standard InChI is InChI=1S/C14H19NO4/c1-10-5-11(2)7-12(6-10)19-9-13(16)15(3)8-14(17)18-4/h5-7H,8-9H2,1-4H3. The van der Waals surface area contributed by atoms with Gasteiger partial charge in [-0.3, -0.25) is 9.59 Å². The van der Waals surface area contributed by atoms with E-state index in [2.05, 4.69) is 4.74 Å². The molecule has 19 heavy (non-hydrogen) atoms. The molecule has 0 heterocycles. The predicted molar refractivity (Wildman–Crippen MR) is 71.1 cm³/mol. The molecule has 0 aliphatic heterocycles. The van der Waals surface area contributed by atoms with Crippen LogP contribution in [0.2, 0.25) is 0 Å². The Morgan fingerprint density at radius 2 is 1.74 bits per heavy atom. The van der Waals surface area contributed by atoms with Gasteiger partial charge in [-0.1, -0.05) is 6.07 Å². The Bertz CT molecular complexity index is 450. The molecule has 1 aromatic carbocycles. The molecular formula is C14H19NO4. The Labute approximate surface area is 113 Å². The van der Waals surface area contributed by atoms with Crippen LogP contribution in [0.5, 0.6) is 5.75 Å². The SMILES string of the molecule is COC(=O)CN(C)C(=O)COc1cc(C)cc(C)c1. The fourth-order valence-electron chi connectivity index (χ4n) is 1.62. The first kappa shape index (κ1) is 15.0. The summed E-state index contributed by atoms with van der Waals surface area (Å²) < 4.78 is 9.91. The van der Waals surface area contributed by atoms with Crippen LogP contribution in [0.25, 0.3) is 0 Å². The zero-order valence-corrected chi connectivity index (χ0v) is 11.7. The minimum absolute atomic E-state index is 0.0778. The molecule has 0 N–H and O–H groups in total. The zero-order chi connectivity index (χ0) is 14.4. The number of nitrogens with zero attached hydrogens (tertiary/aromatic N) is 1. The molecular weight excluding hydrogens is 246 g/mol. The number of rotatable bonds is 5. The Kier molecular flexibility index (Phi) is 5.36. The lowest BCUT2D eigenvalue weighted by atomic mass is 10.1. The Morgan fingerprint density at radius 1 is 1.16 bits per heavy atom. The number of aryl methyl sites for hydroxylation is 2. The van der Waals surface area contributed by atoms with Gasteiger partial charge in [0, 0.05) is 7.05 Å². The number of benzene rings is 1.